The number of halogens is 1. The third-order valence-electron chi connectivity index (χ3n) is 5.68. The molecule has 0 fully saturated rings. The molecule has 1 aliphatic rings. The van der Waals surface area contributed by atoms with Crippen molar-refractivity contribution in [1.29, 1.82) is 0 Å². The monoisotopic (exact) mass is 453 g/mol. The van der Waals surface area contributed by atoms with Gasteiger partial charge < -0.3 is 9.05 Å². The molecule has 5 aromatic rings. The standard InChI is InChI=1S/C27H17FNO3P/c28-21-13-9-18(10-14-21)17-29-33(30)31-24-15-11-19-5-1-3-7-22(19)26(24)27-23-8-4-2-6-20(23)12-16-25(27)32-33/h1-17H/b29-17+. The molecule has 6 rings (SSSR count). The van der Waals surface area contributed by atoms with Crippen molar-refractivity contribution in [2.24, 2.45) is 4.76 Å². The summed E-state index contributed by atoms with van der Waals surface area (Å²) >= 11 is 0. The minimum Gasteiger partial charge on any atom is -0.398 e. The first kappa shape index (κ1) is 19.7. The van der Waals surface area contributed by atoms with E-state index in [1.54, 1.807) is 24.3 Å². The lowest BCUT2D eigenvalue weighted by Crippen LogP contribution is -1.98. The minimum absolute atomic E-state index is 0.359. The fourth-order valence-corrected chi connectivity index (χ4v) is 5.38. The highest BCUT2D eigenvalue weighted by Crippen LogP contribution is 2.59. The lowest BCUT2D eigenvalue weighted by Gasteiger charge is -2.13. The Morgan fingerprint density at radius 2 is 1.18 bits per heavy atom. The zero-order chi connectivity index (χ0) is 22.4. The Bertz CT molecular complexity index is 1520. The SMILES string of the molecule is O=P1(/N=C/c2ccc(F)cc2)Oc2ccc3ccccc3c2-c2c(ccc3ccccc23)O1. The molecule has 1 aliphatic heterocycles. The maximum atomic E-state index is 13.8. The number of hydrogen-bond acceptors (Lipinski definition) is 3. The highest BCUT2D eigenvalue weighted by atomic mass is 31.2. The number of benzene rings is 5. The summed E-state index contributed by atoms with van der Waals surface area (Å²) < 4.78 is 43.2. The van der Waals surface area contributed by atoms with Gasteiger partial charge in [-0.25, -0.2) is 8.96 Å². The Morgan fingerprint density at radius 3 is 1.73 bits per heavy atom. The Labute approximate surface area is 189 Å². The Balaban J connectivity index is 1.60. The summed E-state index contributed by atoms with van der Waals surface area (Å²) in [5.41, 5.74) is 2.21. The van der Waals surface area contributed by atoms with Crippen LogP contribution in [-0.4, -0.2) is 6.21 Å². The van der Waals surface area contributed by atoms with E-state index in [0.29, 0.717) is 17.1 Å². The molecule has 4 nitrogen and oxygen atoms in total. The van der Waals surface area contributed by atoms with Crippen LogP contribution in [0.15, 0.2) is 102 Å². The topological polar surface area (TPSA) is 47.9 Å². The summed E-state index contributed by atoms with van der Waals surface area (Å²) in [6.07, 6.45) is 1.38. The molecule has 1 heterocycles. The quantitative estimate of drug-likeness (QED) is 0.202. The molecule has 0 atom stereocenters. The summed E-state index contributed by atoms with van der Waals surface area (Å²) in [4.78, 5) is 0. The predicted octanol–water partition coefficient (Wildman–Crippen LogP) is 7.80. The average Bonchev–Trinajstić information content (AvgIpc) is 2.97. The van der Waals surface area contributed by atoms with Gasteiger partial charge in [0.25, 0.3) is 0 Å². The van der Waals surface area contributed by atoms with Gasteiger partial charge in [-0.15, -0.1) is 0 Å². The highest BCUT2D eigenvalue weighted by Gasteiger charge is 2.35. The maximum Gasteiger partial charge on any atom is 0.563 e. The molecule has 0 aliphatic carbocycles. The van der Waals surface area contributed by atoms with E-state index < -0.39 is 7.75 Å². The second-order valence-corrected chi connectivity index (χ2v) is 9.30. The van der Waals surface area contributed by atoms with Crippen LogP contribution in [0.5, 0.6) is 11.5 Å². The van der Waals surface area contributed by atoms with Gasteiger partial charge in [-0.3, -0.25) is 0 Å². The molecule has 5 aromatic carbocycles. The molecule has 0 aromatic heterocycles. The number of rotatable bonds is 2. The van der Waals surface area contributed by atoms with Gasteiger partial charge in [0.15, 0.2) is 0 Å². The largest absolute Gasteiger partial charge is 0.563 e. The van der Waals surface area contributed by atoms with E-state index in [1.807, 2.05) is 60.7 Å². The molecule has 0 amide bonds. The van der Waals surface area contributed by atoms with Gasteiger partial charge in [0.05, 0.1) is 0 Å². The smallest absolute Gasteiger partial charge is 0.398 e. The van der Waals surface area contributed by atoms with Crippen LogP contribution in [0, 0.1) is 5.82 Å². The summed E-state index contributed by atoms with van der Waals surface area (Å²) in [5.74, 6) is 0.508. The van der Waals surface area contributed by atoms with E-state index in [1.165, 1.54) is 18.3 Å². The lowest BCUT2D eigenvalue weighted by atomic mass is 9.92. The van der Waals surface area contributed by atoms with E-state index in [2.05, 4.69) is 4.76 Å². The first-order valence-corrected chi connectivity index (χ1v) is 11.9. The van der Waals surface area contributed by atoms with Gasteiger partial charge in [0.1, 0.15) is 17.3 Å². The summed E-state index contributed by atoms with van der Waals surface area (Å²) in [6.45, 7) is 0. The molecule has 0 unspecified atom stereocenters. The van der Waals surface area contributed by atoms with Crippen molar-refractivity contribution in [1.82, 2.24) is 0 Å². The first-order valence-electron chi connectivity index (χ1n) is 10.4. The molecule has 0 spiro atoms. The molecule has 6 heteroatoms. The first-order chi connectivity index (χ1) is 16.1. The summed E-state index contributed by atoms with van der Waals surface area (Å²) in [5, 5.41) is 4.00. The number of fused-ring (bicyclic) bond motifs is 7. The van der Waals surface area contributed by atoms with E-state index >= 15 is 0 Å². The lowest BCUT2D eigenvalue weighted by molar-refractivity contribution is 0.393. The van der Waals surface area contributed by atoms with Crippen LogP contribution in [0.25, 0.3) is 32.7 Å². The van der Waals surface area contributed by atoms with Crippen molar-refractivity contribution in [2.45, 2.75) is 0 Å². The normalized spacial score (nSPS) is 14.3. The number of hydrogen-bond donors (Lipinski definition) is 0. The van der Waals surface area contributed by atoms with Crippen molar-refractivity contribution in [3.63, 3.8) is 0 Å². The van der Waals surface area contributed by atoms with E-state index in [9.17, 15) is 8.96 Å². The summed E-state index contributed by atoms with van der Waals surface area (Å²) in [7, 11) is -3.98. The molecule has 33 heavy (non-hydrogen) atoms. The fraction of sp³-hybridized carbons (Fsp3) is 0. The van der Waals surface area contributed by atoms with Gasteiger partial charge in [0, 0.05) is 17.3 Å². The highest BCUT2D eigenvalue weighted by molar-refractivity contribution is 7.53. The van der Waals surface area contributed by atoms with Gasteiger partial charge in [-0.05, 0) is 51.4 Å². The molecular formula is C27H17FNO3P. The Hall–Kier alpha value is -3.95. The Kier molecular flexibility index (Phi) is 4.53. The van der Waals surface area contributed by atoms with Crippen LogP contribution < -0.4 is 9.05 Å². The van der Waals surface area contributed by atoms with E-state index in [0.717, 1.165) is 32.7 Å². The zero-order valence-corrected chi connectivity index (χ0v) is 18.2. The predicted molar refractivity (Wildman–Crippen MR) is 130 cm³/mol. The van der Waals surface area contributed by atoms with Crippen LogP contribution in [0.1, 0.15) is 5.56 Å². The molecule has 0 bridgehead atoms. The third-order valence-corrected chi connectivity index (χ3v) is 6.93. The maximum absolute atomic E-state index is 13.8. The van der Waals surface area contributed by atoms with Gasteiger partial charge in [0.2, 0.25) is 0 Å². The second kappa shape index (κ2) is 7.58. The fourth-order valence-electron chi connectivity index (χ4n) is 4.17. The second-order valence-electron chi connectivity index (χ2n) is 7.77. The zero-order valence-electron chi connectivity index (χ0n) is 17.3. The molecular weight excluding hydrogens is 436 g/mol. The van der Waals surface area contributed by atoms with Crippen molar-refractivity contribution in [3.8, 4) is 22.6 Å². The van der Waals surface area contributed by atoms with Crippen LogP contribution in [0.4, 0.5) is 4.39 Å². The van der Waals surface area contributed by atoms with Crippen molar-refractivity contribution >= 4 is 35.5 Å². The van der Waals surface area contributed by atoms with Crippen molar-refractivity contribution in [3.05, 3.63) is 108 Å². The molecule has 0 radical (unpaired) electrons. The van der Waals surface area contributed by atoms with Crippen LogP contribution in [0.2, 0.25) is 0 Å². The average molecular weight is 453 g/mol. The van der Waals surface area contributed by atoms with E-state index in [4.69, 9.17) is 9.05 Å². The third kappa shape index (κ3) is 3.47. The van der Waals surface area contributed by atoms with Gasteiger partial charge >= 0.3 is 7.75 Å². The molecule has 160 valence electrons. The van der Waals surface area contributed by atoms with Gasteiger partial charge in [-0.2, -0.15) is 4.76 Å². The van der Waals surface area contributed by atoms with Crippen molar-refractivity contribution < 1.29 is 18.0 Å². The molecule has 0 N–H and O–H groups in total. The van der Waals surface area contributed by atoms with Crippen molar-refractivity contribution in [2.75, 3.05) is 0 Å². The molecule has 0 saturated carbocycles. The van der Waals surface area contributed by atoms with Crippen LogP contribution in [0.3, 0.4) is 0 Å². The Morgan fingerprint density at radius 1 is 0.667 bits per heavy atom. The summed E-state index contributed by atoms with van der Waals surface area (Å²) in [6, 6.07) is 29.2. The minimum atomic E-state index is -3.98. The number of nitrogens with zero attached hydrogens (tertiary/aromatic N) is 1. The van der Waals surface area contributed by atoms with Crippen LogP contribution >= 0.6 is 7.75 Å². The van der Waals surface area contributed by atoms with Gasteiger partial charge in [-0.1, -0.05) is 72.8 Å². The van der Waals surface area contributed by atoms with E-state index in [-0.39, 0.29) is 5.82 Å². The van der Waals surface area contributed by atoms with Crippen LogP contribution in [-0.2, 0) is 4.57 Å². The molecule has 0 saturated heterocycles.